The van der Waals surface area contributed by atoms with Crippen LogP contribution < -0.4 is 0 Å². The Labute approximate surface area is 188 Å². The third-order valence-corrected chi connectivity index (χ3v) is 8.36. The van der Waals surface area contributed by atoms with Crippen molar-refractivity contribution in [2.45, 2.75) is 36.6 Å². The maximum Gasteiger partial charge on any atom is 0.238 e. The van der Waals surface area contributed by atoms with Gasteiger partial charge in [-0.15, -0.1) is 0 Å². The lowest BCUT2D eigenvalue weighted by Gasteiger charge is -2.58. The Bertz CT molecular complexity index is 1160. The average Bonchev–Trinajstić information content (AvgIpc) is 3.59. The molecule has 3 atom stereocenters. The first-order valence-corrected chi connectivity index (χ1v) is 12.6. The van der Waals surface area contributed by atoms with Crippen LogP contribution >= 0.6 is 0 Å². The molecule has 1 amide bonds. The Hall–Kier alpha value is -2.66. The van der Waals surface area contributed by atoms with Crippen molar-refractivity contribution >= 4 is 15.9 Å². The van der Waals surface area contributed by atoms with E-state index in [1.807, 2.05) is 30.3 Å². The summed E-state index contributed by atoms with van der Waals surface area (Å²) in [6.07, 6.45) is 2.36. The number of carbonyl (C=O) groups excluding carboxylic acids is 1. The number of amides is 1. The maximum absolute atomic E-state index is 13.0. The highest BCUT2D eigenvalue weighted by Gasteiger charge is 2.55. The Morgan fingerprint density at radius 2 is 1.75 bits per heavy atom. The number of aliphatic hydroxyl groups is 1. The van der Waals surface area contributed by atoms with Crippen LogP contribution in [0, 0.1) is 17.8 Å². The Morgan fingerprint density at radius 1 is 1.03 bits per heavy atom. The van der Waals surface area contributed by atoms with Gasteiger partial charge in [-0.05, 0) is 36.1 Å². The summed E-state index contributed by atoms with van der Waals surface area (Å²) in [6, 6.07) is 16.3. The largest absolute Gasteiger partial charge is 0.394 e. The van der Waals surface area contributed by atoms with Crippen LogP contribution in [0.1, 0.15) is 35.4 Å². The summed E-state index contributed by atoms with van der Waals surface area (Å²) >= 11 is 0. The SMILES string of the molecule is O=C1CN(S(=O)(=O)Cc2ccccc2)C[C@@H]2[C@H](c3ccc(C#CC4CC4)cc3)[C@H](CO)N12. The van der Waals surface area contributed by atoms with Crippen molar-refractivity contribution in [3.63, 3.8) is 0 Å². The molecule has 7 heteroatoms. The fraction of sp³-hybridized carbons (Fsp3) is 0.400. The van der Waals surface area contributed by atoms with E-state index < -0.39 is 10.0 Å². The lowest BCUT2D eigenvalue weighted by atomic mass is 9.74. The van der Waals surface area contributed by atoms with Gasteiger partial charge in [0.25, 0.3) is 0 Å². The molecule has 1 aliphatic carbocycles. The third-order valence-electron chi connectivity index (χ3n) is 6.60. The molecule has 2 saturated heterocycles. The van der Waals surface area contributed by atoms with Crippen molar-refractivity contribution in [3.05, 3.63) is 71.3 Å². The van der Waals surface area contributed by atoms with Crippen molar-refractivity contribution in [3.8, 4) is 11.8 Å². The lowest BCUT2D eigenvalue weighted by molar-refractivity contribution is -0.158. The number of rotatable bonds is 5. The second kappa shape index (κ2) is 8.36. The minimum atomic E-state index is -3.63. The molecule has 0 spiro atoms. The molecule has 3 fully saturated rings. The lowest BCUT2D eigenvalue weighted by Crippen LogP contribution is -2.73. The van der Waals surface area contributed by atoms with Crippen molar-refractivity contribution in [1.82, 2.24) is 9.21 Å². The van der Waals surface area contributed by atoms with Gasteiger partial charge >= 0.3 is 0 Å². The first-order valence-electron chi connectivity index (χ1n) is 11.0. The van der Waals surface area contributed by atoms with Crippen LogP contribution in [0.15, 0.2) is 54.6 Å². The number of carbonyl (C=O) groups is 1. The van der Waals surface area contributed by atoms with Crippen LogP contribution in [-0.4, -0.2) is 60.4 Å². The minimum Gasteiger partial charge on any atom is -0.394 e. The molecule has 2 heterocycles. The van der Waals surface area contributed by atoms with Crippen molar-refractivity contribution < 1.29 is 18.3 Å². The van der Waals surface area contributed by atoms with Gasteiger partial charge in [0.1, 0.15) is 0 Å². The highest BCUT2D eigenvalue weighted by molar-refractivity contribution is 7.88. The van der Waals surface area contributed by atoms with Crippen molar-refractivity contribution in [1.29, 1.82) is 0 Å². The van der Waals surface area contributed by atoms with E-state index in [0.29, 0.717) is 11.5 Å². The van der Waals surface area contributed by atoms with E-state index in [-0.39, 0.29) is 49.4 Å². The monoisotopic (exact) mass is 450 g/mol. The number of sulfonamides is 1. The molecule has 0 bridgehead atoms. The molecule has 6 nitrogen and oxygen atoms in total. The second-order valence-corrected chi connectivity index (χ2v) is 10.8. The van der Waals surface area contributed by atoms with E-state index in [2.05, 4.69) is 11.8 Å². The van der Waals surface area contributed by atoms with Gasteiger partial charge in [-0.2, -0.15) is 4.31 Å². The number of piperazine rings is 1. The second-order valence-electron chi connectivity index (χ2n) is 8.84. The summed E-state index contributed by atoms with van der Waals surface area (Å²) in [5.41, 5.74) is 2.64. The first-order chi connectivity index (χ1) is 15.5. The predicted molar refractivity (Wildman–Crippen MR) is 121 cm³/mol. The summed E-state index contributed by atoms with van der Waals surface area (Å²) in [4.78, 5) is 14.5. The van der Waals surface area contributed by atoms with E-state index >= 15 is 0 Å². The molecule has 0 aromatic heterocycles. The molecule has 0 unspecified atom stereocenters. The molecule has 0 radical (unpaired) electrons. The number of aliphatic hydroxyl groups excluding tert-OH is 1. The van der Waals surface area contributed by atoms with Crippen LogP contribution in [0.25, 0.3) is 0 Å². The van der Waals surface area contributed by atoms with E-state index in [1.165, 1.54) is 17.1 Å². The Balaban J connectivity index is 1.35. The molecule has 2 aromatic carbocycles. The highest BCUT2D eigenvalue weighted by Crippen LogP contribution is 2.43. The number of nitrogens with zero attached hydrogens (tertiary/aromatic N) is 2. The van der Waals surface area contributed by atoms with Gasteiger partial charge in [-0.1, -0.05) is 54.3 Å². The van der Waals surface area contributed by atoms with Crippen molar-refractivity contribution in [2.24, 2.45) is 5.92 Å². The molecule has 2 aromatic rings. The summed E-state index contributed by atoms with van der Waals surface area (Å²) in [5.74, 6) is 6.49. The molecule has 32 heavy (non-hydrogen) atoms. The van der Waals surface area contributed by atoms with Crippen LogP contribution in [-0.2, 0) is 20.6 Å². The topological polar surface area (TPSA) is 77.9 Å². The van der Waals surface area contributed by atoms with E-state index in [4.69, 9.17) is 0 Å². The minimum absolute atomic E-state index is 0.107. The summed E-state index contributed by atoms with van der Waals surface area (Å²) < 4.78 is 27.4. The Morgan fingerprint density at radius 3 is 2.41 bits per heavy atom. The van der Waals surface area contributed by atoms with Gasteiger partial charge in [-0.25, -0.2) is 8.42 Å². The van der Waals surface area contributed by atoms with Crippen LogP contribution in [0.3, 0.4) is 0 Å². The van der Waals surface area contributed by atoms with Crippen LogP contribution in [0.5, 0.6) is 0 Å². The number of benzene rings is 2. The molecular formula is C25H26N2O4S. The predicted octanol–water partition coefficient (Wildman–Crippen LogP) is 1.95. The third kappa shape index (κ3) is 4.06. The van der Waals surface area contributed by atoms with Crippen LogP contribution in [0.4, 0.5) is 0 Å². The van der Waals surface area contributed by atoms with Gasteiger partial charge in [0.15, 0.2) is 0 Å². The van der Waals surface area contributed by atoms with E-state index in [9.17, 15) is 18.3 Å². The van der Waals surface area contributed by atoms with Crippen LogP contribution in [0.2, 0.25) is 0 Å². The molecule has 3 aliphatic rings. The molecular weight excluding hydrogens is 424 g/mol. The molecule has 1 N–H and O–H groups in total. The number of fused-ring (bicyclic) bond motifs is 1. The van der Waals surface area contributed by atoms with Crippen molar-refractivity contribution in [2.75, 3.05) is 19.7 Å². The summed E-state index contributed by atoms with van der Waals surface area (Å²) in [6.45, 7) is -0.0806. The number of hydrogen-bond acceptors (Lipinski definition) is 4. The van der Waals surface area contributed by atoms with Gasteiger partial charge in [0, 0.05) is 23.9 Å². The summed E-state index contributed by atoms with van der Waals surface area (Å²) in [7, 11) is -3.63. The fourth-order valence-corrected chi connectivity index (χ4v) is 6.24. The normalized spacial score (nSPS) is 25.5. The number of hydrogen-bond donors (Lipinski definition) is 1. The zero-order chi connectivity index (χ0) is 22.3. The van der Waals surface area contributed by atoms with E-state index in [1.54, 1.807) is 29.2 Å². The van der Waals surface area contributed by atoms with Gasteiger partial charge in [0.2, 0.25) is 15.9 Å². The molecule has 2 aliphatic heterocycles. The Kier molecular flexibility index (Phi) is 5.54. The zero-order valence-electron chi connectivity index (χ0n) is 17.7. The first kappa shape index (κ1) is 21.2. The molecule has 1 saturated carbocycles. The standard InChI is InChI=1S/C25H26N2O4S/c28-16-23-25(21-12-10-19(11-13-21)9-8-18-6-7-18)22-14-26(15-24(29)27(22)23)32(30,31)17-20-4-2-1-3-5-20/h1-5,10-13,18,22-23,25,28H,6-7,14-17H2/t22-,23+,25+/m1/s1. The van der Waals surface area contributed by atoms with Gasteiger partial charge < -0.3 is 10.0 Å². The van der Waals surface area contributed by atoms with Gasteiger partial charge in [0.05, 0.1) is 31.0 Å². The highest BCUT2D eigenvalue weighted by atomic mass is 32.2. The van der Waals surface area contributed by atoms with Gasteiger partial charge in [-0.3, -0.25) is 4.79 Å². The smallest absolute Gasteiger partial charge is 0.238 e. The quantitative estimate of drug-likeness (QED) is 0.707. The molecule has 166 valence electrons. The maximum atomic E-state index is 13.0. The zero-order valence-corrected chi connectivity index (χ0v) is 18.5. The van der Waals surface area contributed by atoms with E-state index in [0.717, 1.165) is 11.1 Å². The summed E-state index contributed by atoms with van der Waals surface area (Å²) in [5, 5.41) is 9.95. The average molecular weight is 451 g/mol. The molecule has 5 rings (SSSR count). The fourth-order valence-electron chi connectivity index (χ4n) is 4.76.